The standard InChI is InChI=1S/C13H16ClN3O4S/c1-2-15-12(18)13(19)16-9-4-5-10(14)11(8-9)17-6-3-7-22(17,20)21/h4-5,8H,2-3,6-7H2,1H3,(H,15,18)(H,16,19). The van der Waals surface area contributed by atoms with Gasteiger partial charge in [-0.1, -0.05) is 11.6 Å². The summed E-state index contributed by atoms with van der Waals surface area (Å²) in [5, 5.41) is 5.06. The number of carbonyl (C=O) groups excluding carboxylic acids is 2. The molecule has 22 heavy (non-hydrogen) atoms. The van der Waals surface area contributed by atoms with Gasteiger partial charge in [0, 0.05) is 18.8 Å². The van der Waals surface area contributed by atoms with E-state index < -0.39 is 21.8 Å². The van der Waals surface area contributed by atoms with Gasteiger partial charge in [-0.2, -0.15) is 0 Å². The van der Waals surface area contributed by atoms with E-state index in [9.17, 15) is 18.0 Å². The number of hydrogen-bond donors (Lipinski definition) is 2. The molecule has 2 N–H and O–H groups in total. The highest BCUT2D eigenvalue weighted by molar-refractivity contribution is 7.93. The minimum Gasteiger partial charge on any atom is -0.348 e. The van der Waals surface area contributed by atoms with Crippen molar-refractivity contribution in [2.24, 2.45) is 0 Å². The van der Waals surface area contributed by atoms with Crippen LogP contribution in [0.1, 0.15) is 13.3 Å². The van der Waals surface area contributed by atoms with Crippen molar-refractivity contribution in [2.75, 3.05) is 28.5 Å². The second-order valence-corrected chi connectivity index (χ2v) is 7.14. The lowest BCUT2D eigenvalue weighted by atomic mass is 10.2. The first-order chi connectivity index (χ1) is 10.3. The van der Waals surface area contributed by atoms with Crippen molar-refractivity contribution >= 4 is 44.8 Å². The number of nitrogens with one attached hydrogen (secondary N) is 2. The predicted octanol–water partition coefficient (Wildman–Crippen LogP) is 0.954. The van der Waals surface area contributed by atoms with Gasteiger partial charge >= 0.3 is 11.8 Å². The normalized spacial score (nSPS) is 16.4. The number of likely N-dealkylation sites (N-methyl/N-ethyl adjacent to an activating group) is 1. The number of benzene rings is 1. The number of anilines is 2. The van der Waals surface area contributed by atoms with Gasteiger partial charge < -0.3 is 10.6 Å². The third-order valence-electron chi connectivity index (χ3n) is 3.12. The number of amides is 2. The van der Waals surface area contributed by atoms with Crippen LogP contribution in [0.4, 0.5) is 11.4 Å². The van der Waals surface area contributed by atoms with E-state index in [1.807, 2.05) is 0 Å². The van der Waals surface area contributed by atoms with Crippen molar-refractivity contribution in [3.05, 3.63) is 23.2 Å². The number of hydrogen-bond acceptors (Lipinski definition) is 4. The van der Waals surface area contributed by atoms with E-state index in [4.69, 9.17) is 11.6 Å². The van der Waals surface area contributed by atoms with Gasteiger partial charge in [0.25, 0.3) is 0 Å². The Hall–Kier alpha value is -1.80. The summed E-state index contributed by atoms with van der Waals surface area (Å²) in [5.41, 5.74) is 0.602. The Morgan fingerprint density at radius 2 is 2.05 bits per heavy atom. The minimum atomic E-state index is -3.38. The van der Waals surface area contributed by atoms with Gasteiger partial charge in [-0.3, -0.25) is 13.9 Å². The molecule has 9 heteroatoms. The molecule has 0 aliphatic carbocycles. The van der Waals surface area contributed by atoms with E-state index in [2.05, 4.69) is 10.6 Å². The van der Waals surface area contributed by atoms with Crippen LogP contribution in [-0.2, 0) is 19.6 Å². The minimum absolute atomic E-state index is 0.0683. The summed E-state index contributed by atoms with van der Waals surface area (Å²) < 4.78 is 25.1. The lowest BCUT2D eigenvalue weighted by Crippen LogP contribution is -2.35. The average Bonchev–Trinajstić information content (AvgIpc) is 2.80. The highest BCUT2D eigenvalue weighted by Crippen LogP contribution is 2.33. The fourth-order valence-corrected chi connectivity index (χ4v) is 3.96. The Bertz CT molecular complexity index is 705. The Balaban J connectivity index is 2.24. The maximum Gasteiger partial charge on any atom is 0.313 e. The quantitative estimate of drug-likeness (QED) is 0.797. The van der Waals surface area contributed by atoms with Crippen molar-refractivity contribution in [1.29, 1.82) is 0 Å². The molecule has 0 bridgehead atoms. The monoisotopic (exact) mass is 345 g/mol. The maximum atomic E-state index is 12.0. The average molecular weight is 346 g/mol. The fraction of sp³-hybridized carbons (Fsp3) is 0.385. The van der Waals surface area contributed by atoms with Crippen LogP contribution in [0, 0.1) is 0 Å². The van der Waals surface area contributed by atoms with Crippen molar-refractivity contribution < 1.29 is 18.0 Å². The van der Waals surface area contributed by atoms with E-state index in [0.717, 1.165) is 0 Å². The van der Waals surface area contributed by atoms with Crippen LogP contribution >= 0.6 is 11.6 Å². The van der Waals surface area contributed by atoms with Crippen LogP contribution in [0.3, 0.4) is 0 Å². The molecular formula is C13H16ClN3O4S. The summed E-state index contributed by atoms with van der Waals surface area (Å²) >= 11 is 6.05. The first kappa shape index (κ1) is 16.6. The molecule has 1 aliphatic heterocycles. The Labute approximate surface area is 133 Å². The van der Waals surface area contributed by atoms with Gasteiger partial charge in [-0.25, -0.2) is 8.42 Å². The molecule has 2 rings (SSSR count). The molecule has 7 nitrogen and oxygen atoms in total. The molecule has 0 spiro atoms. The SMILES string of the molecule is CCNC(=O)C(=O)Nc1ccc(Cl)c(N2CCCS2(=O)=O)c1. The molecule has 120 valence electrons. The van der Waals surface area contributed by atoms with Crippen molar-refractivity contribution in [1.82, 2.24) is 5.32 Å². The summed E-state index contributed by atoms with van der Waals surface area (Å²) in [6.45, 7) is 2.38. The van der Waals surface area contributed by atoms with Crippen molar-refractivity contribution in [2.45, 2.75) is 13.3 Å². The van der Waals surface area contributed by atoms with E-state index >= 15 is 0 Å². The van der Waals surface area contributed by atoms with Crippen LogP contribution in [0.25, 0.3) is 0 Å². The summed E-state index contributed by atoms with van der Waals surface area (Å²) in [5.74, 6) is -1.51. The van der Waals surface area contributed by atoms with E-state index in [1.165, 1.54) is 22.5 Å². The zero-order valence-corrected chi connectivity index (χ0v) is 13.5. The van der Waals surface area contributed by atoms with Crippen molar-refractivity contribution in [3.8, 4) is 0 Å². The predicted molar refractivity (Wildman–Crippen MR) is 84.5 cm³/mol. The first-order valence-corrected chi connectivity index (χ1v) is 8.73. The molecule has 0 unspecified atom stereocenters. The molecular weight excluding hydrogens is 330 g/mol. The smallest absolute Gasteiger partial charge is 0.313 e. The second kappa shape index (κ2) is 6.53. The Morgan fingerprint density at radius 1 is 1.32 bits per heavy atom. The number of halogens is 1. The fourth-order valence-electron chi connectivity index (χ4n) is 2.12. The summed E-state index contributed by atoms with van der Waals surface area (Å²) in [6.07, 6.45) is 0.522. The van der Waals surface area contributed by atoms with E-state index in [0.29, 0.717) is 30.9 Å². The summed E-state index contributed by atoms with van der Waals surface area (Å²) in [6, 6.07) is 4.44. The topological polar surface area (TPSA) is 95.6 Å². The molecule has 1 aliphatic rings. The number of carbonyl (C=O) groups is 2. The van der Waals surface area contributed by atoms with Crippen LogP contribution in [0.5, 0.6) is 0 Å². The van der Waals surface area contributed by atoms with Gasteiger partial charge in [0.1, 0.15) is 0 Å². The molecule has 0 atom stereocenters. The van der Waals surface area contributed by atoms with Gasteiger partial charge in [0.2, 0.25) is 10.0 Å². The second-order valence-electron chi connectivity index (χ2n) is 4.72. The molecule has 0 saturated carbocycles. The number of nitrogens with zero attached hydrogens (tertiary/aromatic N) is 1. The zero-order chi connectivity index (χ0) is 16.3. The lowest BCUT2D eigenvalue weighted by Gasteiger charge is -2.19. The number of rotatable bonds is 3. The van der Waals surface area contributed by atoms with Crippen molar-refractivity contribution in [3.63, 3.8) is 0 Å². The highest BCUT2D eigenvalue weighted by Gasteiger charge is 2.30. The molecule has 1 aromatic carbocycles. The van der Waals surface area contributed by atoms with E-state index in [-0.39, 0.29) is 10.8 Å². The Kier molecular flexibility index (Phi) is 4.92. The van der Waals surface area contributed by atoms with Crippen LogP contribution in [0.15, 0.2) is 18.2 Å². The van der Waals surface area contributed by atoms with Crippen LogP contribution in [-0.4, -0.2) is 39.1 Å². The van der Waals surface area contributed by atoms with Gasteiger partial charge in [-0.05, 0) is 31.5 Å². The molecule has 2 amide bonds. The molecule has 0 aromatic heterocycles. The molecule has 1 fully saturated rings. The van der Waals surface area contributed by atoms with Gasteiger partial charge in [0.05, 0.1) is 16.5 Å². The molecule has 1 heterocycles. The third kappa shape index (κ3) is 3.50. The van der Waals surface area contributed by atoms with E-state index in [1.54, 1.807) is 6.92 Å². The lowest BCUT2D eigenvalue weighted by molar-refractivity contribution is -0.136. The van der Waals surface area contributed by atoms with Gasteiger partial charge in [0.15, 0.2) is 0 Å². The summed E-state index contributed by atoms with van der Waals surface area (Å²) in [4.78, 5) is 23.1. The number of sulfonamides is 1. The maximum absolute atomic E-state index is 12.0. The molecule has 0 radical (unpaired) electrons. The molecule has 1 saturated heterocycles. The van der Waals surface area contributed by atoms with Crippen LogP contribution in [0.2, 0.25) is 5.02 Å². The third-order valence-corrected chi connectivity index (χ3v) is 5.29. The van der Waals surface area contributed by atoms with Crippen LogP contribution < -0.4 is 14.9 Å². The zero-order valence-electron chi connectivity index (χ0n) is 11.9. The largest absolute Gasteiger partial charge is 0.348 e. The Morgan fingerprint density at radius 3 is 2.64 bits per heavy atom. The first-order valence-electron chi connectivity index (χ1n) is 6.74. The highest BCUT2D eigenvalue weighted by atomic mass is 35.5. The van der Waals surface area contributed by atoms with Gasteiger partial charge in [-0.15, -0.1) is 0 Å². The molecule has 1 aromatic rings. The summed E-state index contributed by atoms with van der Waals surface area (Å²) in [7, 11) is -3.38.